The third-order valence-electron chi connectivity index (χ3n) is 3.69. The SMILES string of the molecule is CC[N+](CC)(CC)CNC(=O)Nc1ccc(Cl)cc1. The fourth-order valence-corrected chi connectivity index (χ4v) is 2.08. The maximum absolute atomic E-state index is 11.8. The zero-order chi connectivity index (χ0) is 14.3. The first-order valence-electron chi connectivity index (χ1n) is 6.70. The number of quaternary nitrogens is 1. The molecule has 1 aromatic carbocycles. The molecule has 0 saturated heterocycles. The topological polar surface area (TPSA) is 41.1 Å². The van der Waals surface area contributed by atoms with E-state index in [9.17, 15) is 4.79 Å². The van der Waals surface area contributed by atoms with Gasteiger partial charge in [0, 0.05) is 10.7 Å². The summed E-state index contributed by atoms with van der Waals surface area (Å²) in [7, 11) is 0. The summed E-state index contributed by atoms with van der Waals surface area (Å²) in [6.07, 6.45) is 0. The lowest BCUT2D eigenvalue weighted by molar-refractivity contribution is -0.924. The average Bonchev–Trinajstić information content (AvgIpc) is 2.44. The van der Waals surface area contributed by atoms with E-state index in [-0.39, 0.29) is 6.03 Å². The molecule has 0 unspecified atom stereocenters. The molecule has 2 N–H and O–H groups in total. The number of amides is 2. The quantitative estimate of drug-likeness (QED) is 0.611. The number of carbonyl (C=O) groups is 1. The highest BCUT2D eigenvalue weighted by Gasteiger charge is 2.21. The number of nitrogens with one attached hydrogen (secondary N) is 2. The van der Waals surface area contributed by atoms with Crippen LogP contribution in [0, 0.1) is 0 Å². The molecule has 1 rings (SSSR count). The molecule has 4 nitrogen and oxygen atoms in total. The van der Waals surface area contributed by atoms with E-state index in [1.54, 1.807) is 24.3 Å². The van der Waals surface area contributed by atoms with E-state index < -0.39 is 0 Å². The molecular weight excluding hydrogens is 262 g/mol. The zero-order valence-electron chi connectivity index (χ0n) is 11.9. The fourth-order valence-electron chi connectivity index (χ4n) is 1.95. The van der Waals surface area contributed by atoms with Gasteiger partial charge in [0.15, 0.2) is 6.67 Å². The highest BCUT2D eigenvalue weighted by atomic mass is 35.5. The molecule has 0 radical (unpaired) electrons. The Morgan fingerprint density at radius 1 is 1.11 bits per heavy atom. The van der Waals surface area contributed by atoms with Crippen molar-refractivity contribution in [2.24, 2.45) is 0 Å². The summed E-state index contributed by atoms with van der Waals surface area (Å²) in [6.45, 7) is 10.1. The van der Waals surface area contributed by atoms with Crippen molar-refractivity contribution < 1.29 is 9.28 Å². The Hall–Kier alpha value is -1.26. The van der Waals surface area contributed by atoms with Crippen LogP contribution in [-0.2, 0) is 0 Å². The van der Waals surface area contributed by atoms with Crippen molar-refractivity contribution in [3.63, 3.8) is 0 Å². The van der Waals surface area contributed by atoms with Gasteiger partial charge in [0.1, 0.15) is 0 Å². The van der Waals surface area contributed by atoms with Gasteiger partial charge in [0.05, 0.1) is 19.6 Å². The first-order chi connectivity index (χ1) is 9.05. The van der Waals surface area contributed by atoms with E-state index in [1.807, 2.05) is 0 Å². The third kappa shape index (κ3) is 4.73. The third-order valence-corrected chi connectivity index (χ3v) is 3.94. The highest BCUT2D eigenvalue weighted by molar-refractivity contribution is 6.30. The van der Waals surface area contributed by atoms with Gasteiger partial charge in [-0.3, -0.25) is 5.32 Å². The Morgan fingerprint density at radius 3 is 2.11 bits per heavy atom. The average molecular weight is 285 g/mol. The number of rotatable bonds is 6. The molecule has 0 aliphatic rings. The molecular formula is C14H23ClN3O+. The number of carbonyl (C=O) groups excluding carboxylic acids is 1. The van der Waals surface area contributed by atoms with E-state index in [1.165, 1.54) is 0 Å². The van der Waals surface area contributed by atoms with Gasteiger partial charge in [-0.1, -0.05) is 11.6 Å². The van der Waals surface area contributed by atoms with Crippen LogP contribution in [-0.4, -0.2) is 36.8 Å². The molecule has 0 fully saturated rings. The monoisotopic (exact) mass is 284 g/mol. The van der Waals surface area contributed by atoms with Crippen LogP contribution in [0.1, 0.15) is 20.8 Å². The van der Waals surface area contributed by atoms with Gasteiger partial charge in [-0.15, -0.1) is 0 Å². The van der Waals surface area contributed by atoms with Gasteiger partial charge in [0.25, 0.3) is 0 Å². The van der Waals surface area contributed by atoms with Crippen molar-refractivity contribution in [1.82, 2.24) is 5.32 Å². The minimum atomic E-state index is -0.180. The van der Waals surface area contributed by atoms with Crippen LogP contribution in [0.4, 0.5) is 10.5 Å². The molecule has 1 aromatic rings. The van der Waals surface area contributed by atoms with Crippen molar-refractivity contribution in [3.05, 3.63) is 29.3 Å². The number of urea groups is 1. The summed E-state index contributed by atoms with van der Waals surface area (Å²) in [5.41, 5.74) is 0.740. The summed E-state index contributed by atoms with van der Waals surface area (Å²) in [5, 5.41) is 6.38. The summed E-state index contributed by atoms with van der Waals surface area (Å²) in [6, 6.07) is 6.89. The van der Waals surface area contributed by atoms with E-state index >= 15 is 0 Å². The molecule has 0 spiro atoms. The number of halogens is 1. The van der Waals surface area contributed by atoms with Crippen molar-refractivity contribution in [2.45, 2.75) is 20.8 Å². The Kier molecular flexibility index (Phi) is 6.12. The van der Waals surface area contributed by atoms with Crippen LogP contribution < -0.4 is 10.6 Å². The zero-order valence-corrected chi connectivity index (χ0v) is 12.6. The second kappa shape index (κ2) is 7.36. The van der Waals surface area contributed by atoms with E-state index in [0.717, 1.165) is 29.8 Å². The molecule has 0 saturated carbocycles. The van der Waals surface area contributed by atoms with Crippen LogP contribution in [0.2, 0.25) is 5.02 Å². The molecule has 19 heavy (non-hydrogen) atoms. The van der Waals surface area contributed by atoms with Crippen molar-refractivity contribution in [3.8, 4) is 0 Å². The van der Waals surface area contributed by atoms with Crippen LogP contribution in [0.3, 0.4) is 0 Å². The van der Waals surface area contributed by atoms with Gasteiger partial charge in [0.2, 0.25) is 0 Å². The normalized spacial score (nSPS) is 11.2. The van der Waals surface area contributed by atoms with E-state index in [4.69, 9.17) is 11.6 Å². The summed E-state index contributed by atoms with van der Waals surface area (Å²) in [4.78, 5) is 11.8. The molecule has 0 aromatic heterocycles. The minimum Gasteiger partial charge on any atom is -0.308 e. The standard InChI is InChI=1S/C14H22ClN3O/c1-4-18(5-2,6-3)11-16-14(19)17-13-9-7-12(15)8-10-13/h7-10H,4-6,11H2,1-3H3,(H-,16,17,19)/p+1. The number of nitrogens with zero attached hydrogens (tertiary/aromatic N) is 1. The van der Waals surface area contributed by atoms with Crippen LogP contribution in [0.15, 0.2) is 24.3 Å². The summed E-state index contributed by atoms with van der Waals surface area (Å²) >= 11 is 5.79. The van der Waals surface area contributed by atoms with Gasteiger partial charge in [-0.05, 0) is 45.0 Å². The highest BCUT2D eigenvalue weighted by Crippen LogP contribution is 2.13. The Labute approximate surface area is 120 Å². The predicted octanol–water partition coefficient (Wildman–Crippen LogP) is 3.30. The second-order valence-corrected chi connectivity index (χ2v) is 5.02. The molecule has 0 aliphatic heterocycles. The lowest BCUT2D eigenvalue weighted by atomic mass is 10.3. The van der Waals surface area contributed by atoms with Crippen LogP contribution >= 0.6 is 11.6 Å². The minimum absolute atomic E-state index is 0.180. The number of hydrogen-bond donors (Lipinski definition) is 2. The molecule has 0 bridgehead atoms. The van der Waals surface area contributed by atoms with E-state index in [0.29, 0.717) is 11.7 Å². The first-order valence-corrected chi connectivity index (χ1v) is 7.08. The second-order valence-electron chi connectivity index (χ2n) is 4.59. The predicted molar refractivity (Wildman–Crippen MR) is 80.4 cm³/mol. The van der Waals surface area contributed by atoms with Crippen molar-refractivity contribution >= 4 is 23.3 Å². The lowest BCUT2D eigenvalue weighted by Gasteiger charge is -2.35. The number of benzene rings is 1. The first kappa shape index (κ1) is 15.8. The number of hydrogen-bond acceptors (Lipinski definition) is 1. The Bertz CT molecular complexity index is 393. The molecule has 0 heterocycles. The van der Waals surface area contributed by atoms with Crippen molar-refractivity contribution in [1.29, 1.82) is 0 Å². The van der Waals surface area contributed by atoms with Gasteiger partial charge < -0.3 is 9.80 Å². The molecule has 0 atom stereocenters. The van der Waals surface area contributed by atoms with Crippen molar-refractivity contribution in [2.75, 3.05) is 31.6 Å². The maximum atomic E-state index is 11.8. The Morgan fingerprint density at radius 2 is 1.63 bits per heavy atom. The Balaban J connectivity index is 2.49. The lowest BCUT2D eigenvalue weighted by Crippen LogP contribution is -2.54. The molecule has 5 heteroatoms. The van der Waals surface area contributed by atoms with Gasteiger partial charge >= 0.3 is 6.03 Å². The van der Waals surface area contributed by atoms with Crippen LogP contribution in [0.25, 0.3) is 0 Å². The fraction of sp³-hybridized carbons (Fsp3) is 0.500. The molecule has 0 aliphatic carbocycles. The van der Waals surface area contributed by atoms with Gasteiger partial charge in [-0.25, -0.2) is 4.79 Å². The smallest absolute Gasteiger partial charge is 0.308 e. The van der Waals surface area contributed by atoms with Crippen LogP contribution in [0.5, 0.6) is 0 Å². The largest absolute Gasteiger partial charge is 0.323 e. The number of anilines is 1. The van der Waals surface area contributed by atoms with Gasteiger partial charge in [-0.2, -0.15) is 0 Å². The maximum Gasteiger partial charge on any atom is 0.323 e. The molecule has 106 valence electrons. The summed E-state index contributed by atoms with van der Waals surface area (Å²) in [5.74, 6) is 0. The van der Waals surface area contributed by atoms with E-state index in [2.05, 4.69) is 31.4 Å². The summed E-state index contributed by atoms with van der Waals surface area (Å²) < 4.78 is 0.883. The molecule has 2 amide bonds.